The van der Waals surface area contributed by atoms with E-state index in [1.165, 1.54) is 0 Å². The van der Waals surface area contributed by atoms with Crippen molar-refractivity contribution in [2.45, 2.75) is 63.7 Å². The van der Waals surface area contributed by atoms with Gasteiger partial charge in [0.2, 0.25) is 0 Å². The van der Waals surface area contributed by atoms with Gasteiger partial charge in [0.25, 0.3) is 0 Å². The molecule has 2 saturated heterocycles. The molecular formula is C11H16O5. The van der Waals surface area contributed by atoms with Crippen molar-refractivity contribution in [3.05, 3.63) is 0 Å². The molecule has 2 heterocycles. The Labute approximate surface area is 94.0 Å². The molecule has 0 radical (unpaired) electrons. The minimum Gasteiger partial charge on any atom is -0.341 e. The number of carbonyl (C=O) groups is 1. The van der Waals surface area contributed by atoms with Crippen molar-refractivity contribution in [3.8, 4) is 0 Å². The van der Waals surface area contributed by atoms with Crippen LogP contribution in [0.25, 0.3) is 0 Å². The van der Waals surface area contributed by atoms with Crippen LogP contribution in [0.3, 0.4) is 0 Å². The molecule has 4 atom stereocenters. The largest absolute Gasteiger partial charge is 0.341 e. The number of fused-ring (bicyclic) bond motifs is 3. The molecule has 5 nitrogen and oxygen atoms in total. The van der Waals surface area contributed by atoms with Crippen molar-refractivity contribution < 1.29 is 23.7 Å². The van der Waals surface area contributed by atoms with Crippen LogP contribution in [0.15, 0.2) is 0 Å². The third kappa shape index (κ3) is 1.35. The SMILES string of the molecule is CC1(C)O[C@H]2[C@@H]3OC(C)(C)O[C@@H]3C(=O)[C@H]2O1. The summed E-state index contributed by atoms with van der Waals surface area (Å²) in [5, 5.41) is 0. The predicted octanol–water partition coefficient (Wildman–Crippen LogP) is 0.609. The molecule has 0 spiro atoms. The summed E-state index contributed by atoms with van der Waals surface area (Å²) < 4.78 is 22.5. The lowest BCUT2D eigenvalue weighted by molar-refractivity contribution is -0.174. The standard InChI is InChI=1S/C11H16O5/c1-10(2)13-6-5(12)7-9(8(6)15-10)16-11(3,4)14-7/h6-9H,1-4H3/t6-,7-,8-,9-/m1/s1. The number of rotatable bonds is 0. The summed E-state index contributed by atoms with van der Waals surface area (Å²) in [6.07, 6.45) is -1.76. The fourth-order valence-electron chi connectivity index (χ4n) is 2.66. The quantitative estimate of drug-likeness (QED) is 0.608. The first-order valence-electron chi connectivity index (χ1n) is 5.54. The van der Waals surface area contributed by atoms with Crippen LogP contribution in [-0.2, 0) is 23.7 Å². The fourth-order valence-corrected chi connectivity index (χ4v) is 2.66. The van der Waals surface area contributed by atoms with Gasteiger partial charge in [0.1, 0.15) is 12.2 Å². The second-order valence-electron chi connectivity index (χ2n) is 5.44. The highest BCUT2D eigenvalue weighted by molar-refractivity contribution is 5.92. The molecule has 16 heavy (non-hydrogen) atoms. The normalized spacial score (nSPS) is 48.1. The number of hydrogen-bond acceptors (Lipinski definition) is 5. The first kappa shape index (κ1) is 10.7. The Morgan fingerprint density at radius 3 is 1.56 bits per heavy atom. The summed E-state index contributed by atoms with van der Waals surface area (Å²) in [6, 6.07) is 0. The van der Waals surface area contributed by atoms with Gasteiger partial charge in [-0.2, -0.15) is 0 Å². The van der Waals surface area contributed by atoms with Crippen LogP contribution in [-0.4, -0.2) is 41.8 Å². The Hall–Kier alpha value is -0.490. The monoisotopic (exact) mass is 228 g/mol. The Morgan fingerprint density at radius 2 is 1.19 bits per heavy atom. The van der Waals surface area contributed by atoms with Gasteiger partial charge in [-0.05, 0) is 27.7 Å². The van der Waals surface area contributed by atoms with E-state index >= 15 is 0 Å². The zero-order valence-electron chi connectivity index (χ0n) is 9.85. The molecule has 90 valence electrons. The highest BCUT2D eigenvalue weighted by Gasteiger charge is 2.64. The molecule has 1 aliphatic carbocycles. The van der Waals surface area contributed by atoms with Crippen molar-refractivity contribution in [2.75, 3.05) is 0 Å². The number of ketones is 1. The van der Waals surface area contributed by atoms with Gasteiger partial charge >= 0.3 is 0 Å². The molecule has 3 aliphatic rings. The molecule has 0 amide bonds. The second kappa shape index (κ2) is 2.85. The van der Waals surface area contributed by atoms with Gasteiger partial charge in [-0.3, -0.25) is 4.79 Å². The van der Waals surface area contributed by atoms with Crippen molar-refractivity contribution >= 4 is 5.78 Å². The number of Topliss-reactive ketones (excluding diaryl/α,β-unsaturated/α-hetero) is 1. The summed E-state index contributed by atoms with van der Waals surface area (Å²) >= 11 is 0. The zero-order valence-corrected chi connectivity index (χ0v) is 9.85. The van der Waals surface area contributed by atoms with Crippen molar-refractivity contribution in [3.63, 3.8) is 0 Å². The summed E-state index contributed by atoms with van der Waals surface area (Å²) in [5.74, 6) is -1.50. The van der Waals surface area contributed by atoms with Gasteiger partial charge in [-0.1, -0.05) is 0 Å². The molecule has 2 aliphatic heterocycles. The van der Waals surface area contributed by atoms with Gasteiger partial charge in [0.05, 0.1) is 0 Å². The molecule has 3 rings (SSSR count). The molecule has 0 unspecified atom stereocenters. The lowest BCUT2D eigenvalue weighted by Crippen LogP contribution is -2.34. The summed E-state index contributed by atoms with van der Waals surface area (Å²) in [7, 11) is 0. The maximum Gasteiger partial charge on any atom is 0.196 e. The van der Waals surface area contributed by atoms with Crippen LogP contribution in [0.5, 0.6) is 0 Å². The van der Waals surface area contributed by atoms with E-state index in [0.29, 0.717) is 0 Å². The van der Waals surface area contributed by atoms with Gasteiger partial charge < -0.3 is 18.9 Å². The fraction of sp³-hybridized carbons (Fsp3) is 0.909. The Morgan fingerprint density at radius 1 is 0.812 bits per heavy atom. The van der Waals surface area contributed by atoms with E-state index in [1.54, 1.807) is 27.7 Å². The lowest BCUT2D eigenvalue weighted by Gasteiger charge is -2.21. The molecule has 0 N–H and O–H groups in total. The maximum absolute atomic E-state index is 12.0. The first-order chi connectivity index (χ1) is 7.29. The predicted molar refractivity (Wildman–Crippen MR) is 52.7 cm³/mol. The topological polar surface area (TPSA) is 54.0 Å². The van der Waals surface area contributed by atoms with E-state index in [0.717, 1.165) is 0 Å². The molecule has 3 fully saturated rings. The minimum absolute atomic E-state index is 0.0637. The average Bonchev–Trinajstić information content (AvgIpc) is 2.66. The molecular weight excluding hydrogens is 212 g/mol. The molecule has 5 heteroatoms. The van der Waals surface area contributed by atoms with Gasteiger partial charge in [0, 0.05) is 0 Å². The minimum atomic E-state index is -0.716. The van der Waals surface area contributed by atoms with Crippen molar-refractivity contribution in [1.29, 1.82) is 0 Å². The van der Waals surface area contributed by atoms with Gasteiger partial charge in [-0.15, -0.1) is 0 Å². The van der Waals surface area contributed by atoms with E-state index in [9.17, 15) is 4.79 Å². The molecule has 1 saturated carbocycles. The maximum atomic E-state index is 12.0. The van der Waals surface area contributed by atoms with Crippen molar-refractivity contribution in [2.24, 2.45) is 0 Å². The van der Waals surface area contributed by atoms with Crippen LogP contribution < -0.4 is 0 Å². The highest BCUT2D eigenvalue weighted by atomic mass is 16.8. The number of carbonyl (C=O) groups excluding carboxylic acids is 1. The molecule has 0 aromatic heterocycles. The Kier molecular flexibility index (Phi) is 1.89. The van der Waals surface area contributed by atoms with Gasteiger partial charge in [0.15, 0.2) is 29.6 Å². The highest BCUT2D eigenvalue weighted by Crippen LogP contribution is 2.44. The second-order valence-corrected chi connectivity index (χ2v) is 5.44. The lowest BCUT2D eigenvalue weighted by atomic mass is 10.2. The Bertz CT molecular complexity index is 316. The van der Waals surface area contributed by atoms with E-state index < -0.39 is 23.8 Å². The molecule has 0 aromatic carbocycles. The third-order valence-electron chi connectivity index (χ3n) is 3.14. The van der Waals surface area contributed by atoms with E-state index in [1.807, 2.05) is 0 Å². The van der Waals surface area contributed by atoms with Gasteiger partial charge in [-0.25, -0.2) is 0 Å². The van der Waals surface area contributed by atoms with Crippen LogP contribution in [0.4, 0.5) is 0 Å². The van der Waals surface area contributed by atoms with Crippen molar-refractivity contribution in [1.82, 2.24) is 0 Å². The first-order valence-corrected chi connectivity index (χ1v) is 5.54. The zero-order chi connectivity index (χ0) is 11.7. The van der Waals surface area contributed by atoms with E-state index in [2.05, 4.69) is 0 Å². The van der Waals surface area contributed by atoms with E-state index in [-0.39, 0.29) is 18.0 Å². The van der Waals surface area contributed by atoms with Crippen LogP contribution in [0.1, 0.15) is 27.7 Å². The van der Waals surface area contributed by atoms with Crippen LogP contribution in [0, 0.1) is 0 Å². The Balaban J connectivity index is 1.89. The van der Waals surface area contributed by atoms with E-state index in [4.69, 9.17) is 18.9 Å². The third-order valence-corrected chi connectivity index (χ3v) is 3.14. The average molecular weight is 228 g/mol. The molecule has 0 aromatic rings. The van der Waals surface area contributed by atoms with Crippen LogP contribution in [0.2, 0.25) is 0 Å². The summed E-state index contributed by atoms with van der Waals surface area (Å²) in [6.45, 7) is 7.20. The smallest absolute Gasteiger partial charge is 0.196 e. The summed E-state index contributed by atoms with van der Waals surface area (Å²) in [4.78, 5) is 12.0. The number of hydrogen-bond donors (Lipinski definition) is 0. The van der Waals surface area contributed by atoms with Crippen LogP contribution >= 0.6 is 0 Å². The number of ether oxygens (including phenoxy) is 4. The summed E-state index contributed by atoms with van der Waals surface area (Å²) in [5.41, 5.74) is 0. The molecule has 0 bridgehead atoms.